The van der Waals surface area contributed by atoms with E-state index in [4.69, 9.17) is 46.3 Å². The second-order valence-corrected chi connectivity index (χ2v) is 16.6. The summed E-state index contributed by atoms with van der Waals surface area (Å²) in [5, 5.41) is 12.4. The molecule has 0 aliphatic carbocycles. The van der Waals surface area contributed by atoms with E-state index < -0.39 is 21.0 Å². The summed E-state index contributed by atoms with van der Waals surface area (Å²) in [7, 11) is 1.36. The first-order valence-corrected chi connectivity index (χ1v) is 19.8. The zero-order chi connectivity index (χ0) is 36.1. The van der Waals surface area contributed by atoms with Crippen LogP contribution in [-0.4, -0.2) is 85.0 Å². The first kappa shape index (κ1) is 37.3. The summed E-state index contributed by atoms with van der Waals surface area (Å²) in [5.41, 5.74) is 2.60. The molecule has 0 radical (unpaired) electrons. The van der Waals surface area contributed by atoms with E-state index in [9.17, 15) is 9.59 Å². The van der Waals surface area contributed by atoms with Gasteiger partial charge in [0.25, 0.3) is 0 Å². The Morgan fingerprint density at radius 3 is 2.61 bits per heavy atom. The number of halogens is 2. The fourth-order valence-electron chi connectivity index (χ4n) is 7.27. The summed E-state index contributed by atoms with van der Waals surface area (Å²) >= 11 is 13.2. The number of hydrogen-bond acceptors (Lipinski definition) is 11. The van der Waals surface area contributed by atoms with Crippen LogP contribution >= 0.6 is 23.2 Å². The molecule has 13 nitrogen and oxygen atoms in total. The van der Waals surface area contributed by atoms with Gasteiger partial charge in [0.05, 0.1) is 34.9 Å². The minimum atomic E-state index is -3.14. The van der Waals surface area contributed by atoms with E-state index in [2.05, 4.69) is 32.4 Å². The quantitative estimate of drug-likeness (QED) is 0.124. The Morgan fingerprint density at radius 1 is 1.14 bits per heavy atom. The SMILES string of the molecule is CC[C@@H]1CN2CC[C@@H]1C[C@@H]2[C@@H](OC(=O)Nc1cc(Cl)c(OCc2cn(CCC[Si](O)(OC)OC)nn2)c(Cl)c1)c1ccnc2ccc(OC)cc12. The number of piperidine rings is 3. The van der Waals surface area contributed by atoms with Crippen LogP contribution in [0, 0.1) is 11.8 Å². The predicted octanol–water partition coefficient (Wildman–Crippen LogP) is 6.75. The Balaban J connectivity index is 1.14. The van der Waals surface area contributed by atoms with Gasteiger partial charge in [-0.25, -0.2) is 4.79 Å². The molecule has 51 heavy (non-hydrogen) atoms. The van der Waals surface area contributed by atoms with Crippen LogP contribution in [0.2, 0.25) is 16.1 Å². The molecular weight excluding hydrogens is 715 g/mol. The molecule has 0 saturated carbocycles. The van der Waals surface area contributed by atoms with Crippen molar-refractivity contribution in [3.63, 3.8) is 0 Å². The lowest BCUT2D eigenvalue weighted by Crippen LogP contribution is -2.55. The van der Waals surface area contributed by atoms with Gasteiger partial charge in [0, 0.05) is 56.2 Å². The van der Waals surface area contributed by atoms with Crippen LogP contribution in [0.15, 0.2) is 48.8 Å². The molecule has 16 heteroatoms. The molecule has 1 amide bonds. The third-order valence-electron chi connectivity index (χ3n) is 10.0. The number of carbonyl (C=O) groups is 1. The molecule has 0 spiro atoms. The standard InChI is InChI=1S/C35H44Cl2N6O7Si/c1-5-22-19-42-13-10-23(22)15-32(42)33(27-9-11-38-31-8-7-26(46-2)18-28(27)31)50-35(44)39-24-16-29(36)34(30(37)17-24)49-21-25-20-43(41-40-25)12-6-14-51(45,47-3)48-4/h7-9,11,16-18,20,22-23,32-33,45H,5-6,10,12-15,19,21H2,1-4H3,(H,39,44)/t22-,23-,32-,33+/m1/s1. The van der Waals surface area contributed by atoms with Crippen LogP contribution in [0.1, 0.15) is 50.0 Å². The second kappa shape index (κ2) is 16.4. The molecule has 3 saturated heterocycles. The van der Waals surface area contributed by atoms with Crippen molar-refractivity contribution in [2.75, 3.05) is 39.7 Å². The number of pyridine rings is 1. The van der Waals surface area contributed by atoms with Gasteiger partial charge in [-0.15, -0.1) is 5.10 Å². The number of ether oxygens (including phenoxy) is 3. The van der Waals surface area contributed by atoms with Gasteiger partial charge >= 0.3 is 14.9 Å². The molecule has 3 aliphatic rings. The first-order chi connectivity index (χ1) is 24.6. The Hall–Kier alpha value is -3.50. The van der Waals surface area contributed by atoms with Gasteiger partial charge in [0.1, 0.15) is 24.2 Å². The fraction of sp³-hybridized carbons (Fsp3) is 0.486. The number of benzene rings is 2. The zero-order valence-electron chi connectivity index (χ0n) is 29.2. The molecular formula is C35H44Cl2N6O7Si. The Kier molecular flexibility index (Phi) is 12.0. The highest BCUT2D eigenvalue weighted by Crippen LogP contribution is 2.44. The number of rotatable bonds is 15. The molecule has 2 N–H and O–H groups in total. The molecule has 7 rings (SSSR count). The summed E-state index contributed by atoms with van der Waals surface area (Å²) in [6, 6.07) is 11.2. The van der Waals surface area contributed by atoms with E-state index in [1.54, 1.807) is 36.3 Å². The van der Waals surface area contributed by atoms with E-state index in [-0.39, 0.29) is 28.4 Å². The summed E-state index contributed by atoms with van der Waals surface area (Å²) in [6.07, 6.45) is 6.13. The lowest BCUT2D eigenvalue weighted by Gasteiger charge is -2.51. The predicted molar refractivity (Wildman–Crippen MR) is 195 cm³/mol. The topological polar surface area (TPSA) is 142 Å². The molecule has 3 fully saturated rings. The highest BCUT2D eigenvalue weighted by molar-refractivity contribution is 6.59. The van der Waals surface area contributed by atoms with Gasteiger partial charge in [-0.05, 0) is 74.0 Å². The van der Waals surface area contributed by atoms with Crippen molar-refractivity contribution in [1.29, 1.82) is 0 Å². The van der Waals surface area contributed by atoms with E-state index in [1.165, 1.54) is 14.2 Å². The maximum atomic E-state index is 13.7. The first-order valence-electron chi connectivity index (χ1n) is 17.1. The maximum Gasteiger partial charge on any atom is 0.497 e. The van der Waals surface area contributed by atoms with Crippen molar-refractivity contribution in [2.45, 2.75) is 63.9 Å². The zero-order valence-corrected chi connectivity index (χ0v) is 31.7. The molecule has 274 valence electrons. The van der Waals surface area contributed by atoms with E-state index >= 15 is 0 Å². The molecule has 2 aromatic carbocycles. The van der Waals surface area contributed by atoms with Crippen molar-refractivity contribution >= 4 is 54.7 Å². The third-order valence-corrected chi connectivity index (χ3v) is 12.9. The number of carbonyl (C=O) groups excluding carboxylic acids is 1. The Bertz CT molecular complexity index is 1810. The van der Waals surface area contributed by atoms with Crippen molar-refractivity contribution in [3.8, 4) is 11.5 Å². The monoisotopic (exact) mass is 758 g/mol. The number of aromatic nitrogens is 4. The van der Waals surface area contributed by atoms with Crippen LogP contribution < -0.4 is 14.8 Å². The molecule has 2 bridgehead atoms. The average molecular weight is 760 g/mol. The summed E-state index contributed by atoms with van der Waals surface area (Å²) in [5.74, 6) is 2.17. The van der Waals surface area contributed by atoms with Crippen molar-refractivity contribution in [2.24, 2.45) is 11.8 Å². The van der Waals surface area contributed by atoms with Gasteiger partial charge in [0.15, 0.2) is 5.75 Å². The van der Waals surface area contributed by atoms with Gasteiger partial charge < -0.3 is 27.9 Å². The van der Waals surface area contributed by atoms with Gasteiger partial charge in [-0.3, -0.25) is 19.9 Å². The van der Waals surface area contributed by atoms with Crippen LogP contribution in [0.25, 0.3) is 10.9 Å². The number of anilines is 1. The van der Waals surface area contributed by atoms with E-state index in [0.717, 1.165) is 48.8 Å². The largest absolute Gasteiger partial charge is 0.497 e. The Morgan fingerprint density at radius 2 is 1.92 bits per heavy atom. The number of amides is 1. The number of methoxy groups -OCH3 is 1. The highest BCUT2D eigenvalue weighted by Gasteiger charge is 2.44. The van der Waals surface area contributed by atoms with E-state index in [1.807, 2.05) is 24.3 Å². The number of nitrogens with zero attached hydrogens (tertiary/aromatic N) is 5. The van der Waals surface area contributed by atoms with Crippen LogP contribution in [0.3, 0.4) is 0 Å². The second-order valence-electron chi connectivity index (χ2n) is 13.0. The number of nitrogens with one attached hydrogen (secondary N) is 1. The molecule has 2 aromatic heterocycles. The van der Waals surface area contributed by atoms with Gasteiger partial charge in [-0.2, -0.15) is 0 Å². The number of fused-ring (bicyclic) bond motifs is 4. The molecule has 1 unspecified atom stereocenters. The van der Waals surface area contributed by atoms with Gasteiger partial charge in [0.2, 0.25) is 0 Å². The number of aryl methyl sites for hydroxylation is 1. The number of hydrogen-bond donors (Lipinski definition) is 2. The minimum Gasteiger partial charge on any atom is -0.497 e. The van der Waals surface area contributed by atoms with Crippen LogP contribution in [0.4, 0.5) is 10.5 Å². The van der Waals surface area contributed by atoms with Crippen molar-refractivity contribution in [3.05, 3.63) is 70.1 Å². The van der Waals surface area contributed by atoms with Gasteiger partial charge in [-0.1, -0.05) is 41.8 Å². The lowest BCUT2D eigenvalue weighted by atomic mass is 9.72. The Labute approximate surface area is 308 Å². The third kappa shape index (κ3) is 8.59. The molecule has 4 aromatic rings. The normalized spacial score (nSPS) is 20.7. The molecule has 5 heterocycles. The molecule has 3 aliphatic heterocycles. The lowest BCUT2D eigenvalue weighted by molar-refractivity contribution is -0.0583. The van der Waals surface area contributed by atoms with Crippen molar-refractivity contribution in [1.82, 2.24) is 24.9 Å². The summed E-state index contributed by atoms with van der Waals surface area (Å²) < 4.78 is 29.7. The summed E-state index contributed by atoms with van der Waals surface area (Å²) in [4.78, 5) is 30.9. The molecule has 5 atom stereocenters. The van der Waals surface area contributed by atoms with Crippen molar-refractivity contribution < 1.29 is 32.7 Å². The van der Waals surface area contributed by atoms with Crippen LogP contribution in [-0.2, 0) is 26.7 Å². The van der Waals surface area contributed by atoms with Crippen LogP contribution in [0.5, 0.6) is 11.5 Å². The van der Waals surface area contributed by atoms with E-state index in [0.29, 0.717) is 48.0 Å². The maximum absolute atomic E-state index is 13.7. The smallest absolute Gasteiger partial charge is 0.497 e. The highest BCUT2D eigenvalue weighted by atomic mass is 35.5. The average Bonchev–Trinajstić information content (AvgIpc) is 3.60. The summed E-state index contributed by atoms with van der Waals surface area (Å²) in [6.45, 7) is 4.78. The fourth-order valence-corrected chi connectivity index (χ4v) is 9.05. The minimum absolute atomic E-state index is 0.0100.